The Bertz CT molecular complexity index is 181. The summed E-state index contributed by atoms with van der Waals surface area (Å²) in [6, 6.07) is -0.472. The van der Waals surface area contributed by atoms with E-state index in [1.807, 2.05) is 13.8 Å². The van der Waals surface area contributed by atoms with Gasteiger partial charge in [-0.3, -0.25) is 4.79 Å². The van der Waals surface area contributed by atoms with Crippen LogP contribution in [0.25, 0.3) is 0 Å². The summed E-state index contributed by atoms with van der Waals surface area (Å²) in [5.74, 6) is -0.111. The van der Waals surface area contributed by atoms with Crippen LogP contribution < -0.4 is 5.73 Å². The molecule has 0 aliphatic rings. The van der Waals surface area contributed by atoms with E-state index < -0.39 is 6.04 Å². The van der Waals surface area contributed by atoms with Crippen molar-refractivity contribution >= 4 is 5.97 Å². The minimum atomic E-state index is -0.472. The van der Waals surface area contributed by atoms with E-state index in [9.17, 15) is 4.79 Å². The molecule has 0 fully saturated rings. The number of nitrogens with two attached hydrogens (primary N) is 1. The highest BCUT2D eigenvalue weighted by atomic mass is 16.5. The molecule has 0 heterocycles. The molecule has 0 amide bonds. The maximum Gasteiger partial charge on any atom is 0.323 e. The number of ether oxygens (including phenoxy) is 1. The molecule has 0 aliphatic carbocycles. The third kappa shape index (κ3) is 7.69. The molecule has 0 unspecified atom stereocenters. The minimum absolute atomic E-state index is 0.150. The predicted octanol–water partition coefficient (Wildman–Crippen LogP) is 2.87. The Kier molecular flexibility index (Phi) is 9.30. The van der Waals surface area contributed by atoms with E-state index in [0.29, 0.717) is 6.61 Å². The molecule has 0 radical (unpaired) electrons. The van der Waals surface area contributed by atoms with Crippen LogP contribution in [0, 0.1) is 5.92 Å². The Hall–Kier alpha value is -0.570. The second-order valence-corrected chi connectivity index (χ2v) is 4.71. The third-order valence-corrected chi connectivity index (χ3v) is 2.73. The topological polar surface area (TPSA) is 52.3 Å². The minimum Gasteiger partial charge on any atom is -0.465 e. The van der Waals surface area contributed by atoms with E-state index in [1.54, 1.807) is 0 Å². The molecule has 0 spiro atoms. The number of carbonyl (C=O) groups excluding carboxylic acids is 1. The fourth-order valence-corrected chi connectivity index (χ4v) is 1.42. The van der Waals surface area contributed by atoms with Gasteiger partial charge in [-0.05, 0) is 12.3 Å². The normalized spacial score (nSPS) is 12.8. The van der Waals surface area contributed by atoms with E-state index in [2.05, 4.69) is 6.92 Å². The first-order valence-electron chi connectivity index (χ1n) is 6.51. The Balaban J connectivity index is 3.34. The number of rotatable bonds is 9. The van der Waals surface area contributed by atoms with Crippen LogP contribution in [0.2, 0.25) is 0 Å². The zero-order valence-corrected chi connectivity index (χ0v) is 11.0. The molecule has 0 saturated heterocycles. The van der Waals surface area contributed by atoms with Gasteiger partial charge in [0.1, 0.15) is 6.04 Å². The standard InChI is InChI=1S/C13H27NO2/c1-4-5-6-7-8-9-10-16-13(15)12(14)11(2)3/h11-12H,4-10,14H2,1-3H3/t12-/m0/s1. The molecule has 96 valence electrons. The smallest absolute Gasteiger partial charge is 0.323 e. The lowest BCUT2D eigenvalue weighted by atomic mass is 10.1. The largest absolute Gasteiger partial charge is 0.465 e. The van der Waals surface area contributed by atoms with Gasteiger partial charge in [-0.15, -0.1) is 0 Å². The van der Waals surface area contributed by atoms with Crippen LogP contribution in [0.15, 0.2) is 0 Å². The molecule has 0 rings (SSSR count). The molecular formula is C13H27NO2. The van der Waals surface area contributed by atoms with Crippen LogP contribution >= 0.6 is 0 Å². The lowest BCUT2D eigenvalue weighted by Crippen LogP contribution is -2.37. The molecule has 0 aliphatic heterocycles. The van der Waals surface area contributed by atoms with Crippen molar-refractivity contribution < 1.29 is 9.53 Å². The molecule has 2 N–H and O–H groups in total. The van der Waals surface area contributed by atoms with Gasteiger partial charge in [-0.2, -0.15) is 0 Å². The lowest BCUT2D eigenvalue weighted by Gasteiger charge is -2.14. The Morgan fingerprint density at radius 1 is 1.12 bits per heavy atom. The molecule has 3 nitrogen and oxygen atoms in total. The summed E-state index contributed by atoms with van der Waals surface area (Å²) < 4.78 is 5.11. The van der Waals surface area contributed by atoms with Crippen molar-refractivity contribution in [2.45, 2.75) is 65.3 Å². The van der Waals surface area contributed by atoms with Gasteiger partial charge in [0.2, 0.25) is 0 Å². The van der Waals surface area contributed by atoms with Gasteiger partial charge in [0, 0.05) is 0 Å². The van der Waals surface area contributed by atoms with Crippen LogP contribution in [-0.2, 0) is 9.53 Å². The van der Waals surface area contributed by atoms with Crippen molar-refractivity contribution in [2.24, 2.45) is 11.7 Å². The summed E-state index contributed by atoms with van der Waals surface area (Å²) >= 11 is 0. The molecule has 3 heteroatoms. The number of hydrogen-bond acceptors (Lipinski definition) is 3. The van der Waals surface area contributed by atoms with Gasteiger partial charge in [-0.25, -0.2) is 0 Å². The fraction of sp³-hybridized carbons (Fsp3) is 0.923. The van der Waals surface area contributed by atoms with Gasteiger partial charge < -0.3 is 10.5 Å². The highest BCUT2D eigenvalue weighted by Crippen LogP contribution is 2.06. The van der Waals surface area contributed by atoms with Crippen LogP contribution in [0.1, 0.15) is 59.3 Å². The second kappa shape index (κ2) is 9.64. The lowest BCUT2D eigenvalue weighted by molar-refractivity contribution is -0.146. The van der Waals surface area contributed by atoms with Crippen molar-refractivity contribution in [3.05, 3.63) is 0 Å². The summed E-state index contributed by atoms with van der Waals surface area (Å²) in [4.78, 5) is 11.4. The van der Waals surface area contributed by atoms with Gasteiger partial charge in [0.05, 0.1) is 6.61 Å². The molecule has 0 saturated carbocycles. The molecular weight excluding hydrogens is 202 g/mol. The molecule has 0 aromatic carbocycles. The maximum absolute atomic E-state index is 11.4. The first-order chi connectivity index (χ1) is 7.59. The van der Waals surface area contributed by atoms with Gasteiger partial charge in [0.25, 0.3) is 0 Å². The summed E-state index contributed by atoms with van der Waals surface area (Å²) in [6.45, 7) is 6.58. The number of unbranched alkanes of at least 4 members (excludes halogenated alkanes) is 5. The number of carbonyl (C=O) groups is 1. The van der Waals surface area contributed by atoms with Crippen LogP contribution in [-0.4, -0.2) is 18.6 Å². The van der Waals surface area contributed by atoms with E-state index in [-0.39, 0.29) is 11.9 Å². The zero-order valence-electron chi connectivity index (χ0n) is 11.0. The average molecular weight is 229 g/mol. The average Bonchev–Trinajstić information content (AvgIpc) is 2.26. The highest BCUT2D eigenvalue weighted by Gasteiger charge is 2.18. The van der Waals surface area contributed by atoms with Crippen LogP contribution in [0.3, 0.4) is 0 Å². The predicted molar refractivity (Wildman–Crippen MR) is 67.1 cm³/mol. The molecule has 0 aromatic rings. The first kappa shape index (κ1) is 15.4. The third-order valence-electron chi connectivity index (χ3n) is 2.73. The van der Waals surface area contributed by atoms with E-state index in [4.69, 9.17) is 10.5 Å². The Labute approximate surface area is 99.7 Å². The van der Waals surface area contributed by atoms with Gasteiger partial charge >= 0.3 is 5.97 Å². The van der Waals surface area contributed by atoms with E-state index >= 15 is 0 Å². The fourth-order valence-electron chi connectivity index (χ4n) is 1.42. The van der Waals surface area contributed by atoms with Crippen molar-refractivity contribution in [3.63, 3.8) is 0 Å². The summed E-state index contributed by atoms with van der Waals surface area (Å²) in [6.07, 6.45) is 7.19. The number of esters is 1. The van der Waals surface area contributed by atoms with Crippen molar-refractivity contribution in [3.8, 4) is 0 Å². The SMILES string of the molecule is CCCCCCCCOC(=O)[C@@H](N)C(C)C. The molecule has 1 atom stereocenters. The quantitative estimate of drug-likeness (QED) is 0.488. The Morgan fingerprint density at radius 2 is 1.69 bits per heavy atom. The van der Waals surface area contributed by atoms with Gasteiger partial charge in [0.15, 0.2) is 0 Å². The van der Waals surface area contributed by atoms with E-state index in [1.165, 1.54) is 25.7 Å². The monoisotopic (exact) mass is 229 g/mol. The Morgan fingerprint density at radius 3 is 2.25 bits per heavy atom. The zero-order chi connectivity index (χ0) is 12.4. The molecule has 0 aromatic heterocycles. The summed E-state index contributed by atoms with van der Waals surface area (Å²) in [7, 11) is 0. The van der Waals surface area contributed by atoms with Crippen LogP contribution in [0.5, 0.6) is 0 Å². The first-order valence-corrected chi connectivity index (χ1v) is 6.51. The molecule has 0 bridgehead atoms. The van der Waals surface area contributed by atoms with Crippen molar-refractivity contribution in [1.29, 1.82) is 0 Å². The highest BCUT2D eigenvalue weighted by molar-refractivity contribution is 5.75. The second-order valence-electron chi connectivity index (χ2n) is 4.71. The van der Waals surface area contributed by atoms with Crippen LogP contribution in [0.4, 0.5) is 0 Å². The van der Waals surface area contributed by atoms with Gasteiger partial charge in [-0.1, -0.05) is 52.9 Å². The molecule has 16 heavy (non-hydrogen) atoms. The maximum atomic E-state index is 11.4. The van der Waals surface area contributed by atoms with Crippen molar-refractivity contribution in [1.82, 2.24) is 0 Å². The number of hydrogen-bond donors (Lipinski definition) is 1. The summed E-state index contributed by atoms with van der Waals surface area (Å²) in [5, 5.41) is 0. The summed E-state index contributed by atoms with van der Waals surface area (Å²) in [5.41, 5.74) is 5.67. The van der Waals surface area contributed by atoms with Crippen molar-refractivity contribution in [2.75, 3.05) is 6.61 Å². The van der Waals surface area contributed by atoms with E-state index in [0.717, 1.165) is 12.8 Å².